The van der Waals surface area contributed by atoms with E-state index in [4.69, 9.17) is 11.6 Å². The van der Waals surface area contributed by atoms with Crippen molar-refractivity contribution in [1.29, 1.82) is 0 Å². The quantitative estimate of drug-likeness (QED) is 0.473. The summed E-state index contributed by atoms with van der Waals surface area (Å²) in [6, 6.07) is 16.5. The third-order valence-corrected chi connectivity index (χ3v) is 6.68. The maximum Gasteiger partial charge on any atom is 0.263 e. The minimum absolute atomic E-state index is 0.0281. The van der Waals surface area contributed by atoms with Crippen molar-refractivity contribution in [2.24, 2.45) is 0 Å². The van der Waals surface area contributed by atoms with Gasteiger partial charge in [0.2, 0.25) is 0 Å². The minimum atomic E-state index is -3.98. The molecule has 0 aromatic heterocycles. The van der Waals surface area contributed by atoms with Gasteiger partial charge < -0.3 is 5.32 Å². The largest absolute Gasteiger partial charge is 0.322 e. The number of aryl methyl sites for hydroxylation is 2. The number of nitrogens with one attached hydrogen (secondary N) is 2. The van der Waals surface area contributed by atoms with E-state index in [1.165, 1.54) is 18.2 Å². The lowest BCUT2D eigenvalue weighted by Crippen LogP contribution is -2.16. The second-order valence-corrected chi connectivity index (χ2v) is 9.49. The van der Waals surface area contributed by atoms with E-state index in [-0.39, 0.29) is 15.5 Å². The van der Waals surface area contributed by atoms with Crippen LogP contribution in [-0.2, 0) is 10.0 Å². The molecule has 0 bridgehead atoms. The number of anilines is 2. The molecule has 0 saturated carbocycles. The van der Waals surface area contributed by atoms with E-state index >= 15 is 0 Å². The zero-order chi connectivity index (χ0) is 21.2. The number of benzene rings is 3. The molecule has 3 aromatic rings. The summed E-state index contributed by atoms with van der Waals surface area (Å²) in [7, 11) is -3.98. The minimum Gasteiger partial charge on any atom is -0.322 e. The first-order chi connectivity index (χ1) is 13.7. The first-order valence-electron chi connectivity index (χ1n) is 8.62. The molecule has 150 valence electrons. The van der Waals surface area contributed by atoms with E-state index < -0.39 is 15.9 Å². The van der Waals surface area contributed by atoms with E-state index in [0.717, 1.165) is 15.6 Å². The maximum absolute atomic E-state index is 12.9. The summed E-state index contributed by atoms with van der Waals surface area (Å²) in [6.45, 7) is 3.84. The van der Waals surface area contributed by atoms with Crippen LogP contribution in [0, 0.1) is 13.8 Å². The summed E-state index contributed by atoms with van der Waals surface area (Å²) in [5.41, 5.74) is 3.19. The second-order valence-electron chi connectivity index (χ2n) is 6.51. The average molecular weight is 494 g/mol. The van der Waals surface area contributed by atoms with Crippen LogP contribution in [0.2, 0.25) is 5.02 Å². The molecule has 0 atom stereocenters. The normalized spacial score (nSPS) is 11.2. The van der Waals surface area contributed by atoms with Gasteiger partial charge in [-0.3, -0.25) is 9.52 Å². The summed E-state index contributed by atoms with van der Waals surface area (Å²) in [5, 5.41) is 2.76. The number of hydrogen-bond acceptors (Lipinski definition) is 3. The molecule has 0 fully saturated rings. The lowest BCUT2D eigenvalue weighted by molar-refractivity contribution is 0.102. The Balaban J connectivity index is 1.89. The van der Waals surface area contributed by atoms with Gasteiger partial charge in [-0.05, 0) is 73.5 Å². The summed E-state index contributed by atoms with van der Waals surface area (Å²) >= 11 is 9.47. The van der Waals surface area contributed by atoms with Gasteiger partial charge in [0.15, 0.2) is 0 Å². The number of amides is 1. The highest BCUT2D eigenvalue weighted by Gasteiger charge is 2.21. The Kier molecular flexibility index (Phi) is 6.31. The Hall–Kier alpha value is -2.35. The molecule has 0 saturated heterocycles. The van der Waals surface area contributed by atoms with Crippen LogP contribution in [0.15, 0.2) is 70.0 Å². The molecule has 3 rings (SSSR count). The second kappa shape index (κ2) is 8.57. The van der Waals surface area contributed by atoms with Crippen LogP contribution < -0.4 is 10.0 Å². The van der Waals surface area contributed by atoms with Crippen LogP contribution in [0.5, 0.6) is 0 Å². The zero-order valence-electron chi connectivity index (χ0n) is 15.7. The highest BCUT2D eigenvalue weighted by atomic mass is 79.9. The zero-order valence-corrected chi connectivity index (χ0v) is 18.8. The van der Waals surface area contributed by atoms with Crippen molar-refractivity contribution in [3.63, 3.8) is 0 Å². The number of carbonyl (C=O) groups is 1. The monoisotopic (exact) mass is 492 g/mol. The van der Waals surface area contributed by atoms with E-state index in [1.54, 1.807) is 30.3 Å². The fourth-order valence-electron chi connectivity index (χ4n) is 2.64. The van der Waals surface area contributed by atoms with Crippen molar-refractivity contribution in [2.45, 2.75) is 18.7 Å². The fourth-order valence-corrected chi connectivity index (χ4v) is 4.61. The molecule has 3 aromatic carbocycles. The summed E-state index contributed by atoms with van der Waals surface area (Å²) in [5.74, 6) is -0.442. The number of hydrogen-bond donors (Lipinski definition) is 2. The molecule has 2 N–H and O–H groups in total. The first kappa shape index (κ1) is 21.4. The van der Waals surface area contributed by atoms with E-state index in [9.17, 15) is 13.2 Å². The molecule has 0 aliphatic heterocycles. The van der Waals surface area contributed by atoms with Crippen LogP contribution in [0.25, 0.3) is 0 Å². The highest BCUT2D eigenvalue weighted by molar-refractivity contribution is 9.10. The van der Waals surface area contributed by atoms with Crippen molar-refractivity contribution < 1.29 is 13.2 Å². The third kappa shape index (κ3) is 5.18. The van der Waals surface area contributed by atoms with E-state index in [0.29, 0.717) is 11.4 Å². The molecule has 0 heterocycles. The highest BCUT2D eigenvalue weighted by Crippen LogP contribution is 2.26. The molecule has 8 heteroatoms. The predicted octanol–water partition coefficient (Wildman–Crippen LogP) is 5.77. The third-order valence-electron chi connectivity index (χ3n) is 4.32. The van der Waals surface area contributed by atoms with Gasteiger partial charge in [0.1, 0.15) is 4.90 Å². The van der Waals surface area contributed by atoms with Crippen LogP contribution in [0.1, 0.15) is 21.5 Å². The summed E-state index contributed by atoms with van der Waals surface area (Å²) in [6.07, 6.45) is 0. The lowest BCUT2D eigenvalue weighted by Gasteiger charge is -2.12. The van der Waals surface area contributed by atoms with E-state index in [1.807, 2.05) is 26.0 Å². The Labute approximate surface area is 183 Å². The predicted molar refractivity (Wildman–Crippen MR) is 120 cm³/mol. The smallest absolute Gasteiger partial charge is 0.263 e. The van der Waals surface area contributed by atoms with Crippen molar-refractivity contribution in [3.8, 4) is 0 Å². The molecule has 1 amide bonds. The van der Waals surface area contributed by atoms with Gasteiger partial charge in [-0.2, -0.15) is 0 Å². The molecule has 0 radical (unpaired) electrons. The maximum atomic E-state index is 12.9. The standard InChI is InChI=1S/C21H18BrClN2O3S/c1-13-6-8-18(10-14(13)2)25-29(27,28)20-11-15(7-9-19(20)23)21(26)24-17-5-3-4-16(22)12-17/h3-12,25H,1-2H3,(H,24,26). The van der Waals surface area contributed by atoms with Crippen molar-refractivity contribution >= 4 is 54.8 Å². The number of sulfonamides is 1. The molecule has 5 nitrogen and oxygen atoms in total. The molecular weight excluding hydrogens is 476 g/mol. The fraction of sp³-hybridized carbons (Fsp3) is 0.0952. The molecule has 0 aliphatic rings. The van der Waals surface area contributed by atoms with Crippen LogP contribution in [0.4, 0.5) is 11.4 Å². The summed E-state index contributed by atoms with van der Waals surface area (Å²) in [4.78, 5) is 12.4. The molecule has 0 spiro atoms. The molecule has 29 heavy (non-hydrogen) atoms. The SMILES string of the molecule is Cc1ccc(NS(=O)(=O)c2cc(C(=O)Nc3cccc(Br)c3)ccc2Cl)cc1C. The van der Waals surface area contributed by atoms with Gasteiger partial charge in [-0.25, -0.2) is 8.42 Å². The van der Waals surface area contributed by atoms with Gasteiger partial charge >= 0.3 is 0 Å². The average Bonchev–Trinajstić information content (AvgIpc) is 2.64. The molecular formula is C21H18BrClN2O3S. The van der Waals surface area contributed by atoms with Gasteiger partial charge in [0, 0.05) is 21.4 Å². The van der Waals surface area contributed by atoms with Gasteiger partial charge in [-0.1, -0.05) is 39.7 Å². The Morgan fingerprint density at radius 1 is 0.931 bits per heavy atom. The topological polar surface area (TPSA) is 75.3 Å². The summed E-state index contributed by atoms with van der Waals surface area (Å²) < 4.78 is 29.1. The molecule has 0 aliphatic carbocycles. The van der Waals surface area contributed by atoms with Crippen LogP contribution in [0.3, 0.4) is 0 Å². The lowest BCUT2D eigenvalue weighted by atomic mass is 10.1. The van der Waals surface area contributed by atoms with Gasteiger partial charge in [0.05, 0.1) is 5.02 Å². The van der Waals surface area contributed by atoms with Crippen molar-refractivity contribution in [3.05, 3.63) is 86.8 Å². The number of rotatable bonds is 5. The first-order valence-corrected chi connectivity index (χ1v) is 11.3. The van der Waals surface area contributed by atoms with E-state index in [2.05, 4.69) is 26.0 Å². The number of halogens is 2. The van der Waals surface area contributed by atoms with Crippen LogP contribution in [-0.4, -0.2) is 14.3 Å². The number of carbonyl (C=O) groups excluding carboxylic acids is 1. The van der Waals surface area contributed by atoms with Crippen LogP contribution >= 0.6 is 27.5 Å². The van der Waals surface area contributed by atoms with Crippen molar-refractivity contribution in [1.82, 2.24) is 0 Å². The molecule has 0 unspecified atom stereocenters. The van der Waals surface area contributed by atoms with Gasteiger partial charge in [0.25, 0.3) is 15.9 Å². The Morgan fingerprint density at radius 3 is 2.38 bits per heavy atom. The Morgan fingerprint density at radius 2 is 1.69 bits per heavy atom. The Bertz CT molecular complexity index is 1200. The van der Waals surface area contributed by atoms with Gasteiger partial charge in [-0.15, -0.1) is 0 Å². The van der Waals surface area contributed by atoms with Crippen molar-refractivity contribution in [2.75, 3.05) is 10.0 Å².